The van der Waals surface area contributed by atoms with Crippen LogP contribution in [0.15, 0.2) is 70.6 Å². The summed E-state index contributed by atoms with van der Waals surface area (Å²) in [4.78, 5) is 42.8. The lowest BCUT2D eigenvalue weighted by Crippen LogP contribution is -2.23. The van der Waals surface area contributed by atoms with Gasteiger partial charge in [0.05, 0.1) is 10.9 Å². The van der Waals surface area contributed by atoms with Gasteiger partial charge >= 0.3 is 0 Å². The topological polar surface area (TPSA) is 101 Å². The fraction of sp³-hybridized carbons (Fsp3) is 0.182. The molecule has 0 saturated carbocycles. The number of nitrogens with one attached hydrogen (secondary N) is 2. The number of amides is 1. The SMILES string of the molecule is CC(=O)c1ccc(NC(=O)C(C)Sc2nc(COc3ccccc3)cc(=O)[nH]2)cc1. The van der Waals surface area contributed by atoms with E-state index in [0.717, 1.165) is 11.8 Å². The summed E-state index contributed by atoms with van der Waals surface area (Å²) in [6.45, 7) is 3.35. The summed E-state index contributed by atoms with van der Waals surface area (Å²) >= 11 is 1.14. The summed E-state index contributed by atoms with van der Waals surface area (Å²) in [5.74, 6) is 0.393. The second-order valence-electron chi connectivity index (χ2n) is 6.53. The highest BCUT2D eigenvalue weighted by atomic mass is 32.2. The van der Waals surface area contributed by atoms with Crippen molar-refractivity contribution in [2.75, 3.05) is 5.32 Å². The molecule has 1 heterocycles. The number of anilines is 1. The maximum absolute atomic E-state index is 12.5. The molecule has 0 fully saturated rings. The third-order valence-corrected chi connectivity index (χ3v) is 5.10. The van der Waals surface area contributed by atoms with Crippen molar-refractivity contribution in [2.24, 2.45) is 0 Å². The van der Waals surface area contributed by atoms with Crippen LogP contribution in [0.2, 0.25) is 0 Å². The third-order valence-electron chi connectivity index (χ3n) is 4.12. The molecule has 1 unspecified atom stereocenters. The Morgan fingerprint density at radius 3 is 2.50 bits per heavy atom. The molecule has 30 heavy (non-hydrogen) atoms. The monoisotopic (exact) mass is 423 g/mol. The Balaban J connectivity index is 1.61. The van der Waals surface area contributed by atoms with Crippen molar-refractivity contribution in [3.8, 4) is 5.75 Å². The third kappa shape index (κ3) is 6.05. The number of rotatable bonds is 8. The first-order valence-corrected chi connectivity index (χ1v) is 10.2. The molecule has 1 amide bonds. The van der Waals surface area contributed by atoms with Gasteiger partial charge in [-0.15, -0.1) is 0 Å². The second-order valence-corrected chi connectivity index (χ2v) is 7.86. The molecule has 0 saturated heterocycles. The number of aromatic amines is 1. The number of carbonyl (C=O) groups excluding carboxylic acids is 2. The normalized spacial score (nSPS) is 11.5. The standard InChI is InChI=1S/C22H21N3O4S/c1-14(26)16-8-10-17(11-9-16)23-21(28)15(2)30-22-24-18(12-20(27)25-22)13-29-19-6-4-3-5-7-19/h3-12,15H,13H2,1-2H3,(H,23,28)(H,24,25,27). The van der Waals surface area contributed by atoms with Crippen LogP contribution >= 0.6 is 11.8 Å². The minimum atomic E-state index is -0.508. The minimum absolute atomic E-state index is 0.0389. The van der Waals surface area contributed by atoms with Crippen molar-refractivity contribution < 1.29 is 14.3 Å². The van der Waals surface area contributed by atoms with Gasteiger partial charge in [-0.2, -0.15) is 0 Å². The van der Waals surface area contributed by atoms with Crippen LogP contribution in [0.1, 0.15) is 29.9 Å². The highest BCUT2D eigenvalue weighted by Gasteiger charge is 2.17. The molecule has 2 aromatic carbocycles. The number of para-hydroxylation sites is 1. The molecule has 0 bridgehead atoms. The summed E-state index contributed by atoms with van der Waals surface area (Å²) in [6.07, 6.45) is 0. The number of hydrogen-bond acceptors (Lipinski definition) is 6. The van der Waals surface area contributed by atoms with Crippen LogP contribution in [0.5, 0.6) is 5.75 Å². The lowest BCUT2D eigenvalue weighted by Gasteiger charge is -2.12. The van der Waals surface area contributed by atoms with Crippen LogP contribution in [-0.2, 0) is 11.4 Å². The molecule has 0 radical (unpaired) electrons. The molecule has 1 aromatic heterocycles. The quantitative estimate of drug-likeness (QED) is 0.326. The molecule has 3 rings (SSSR count). The molecule has 2 N–H and O–H groups in total. The lowest BCUT2D eigenvalue weighted by atomic mass is 10.1. The zero-order valence-electron chi connectivity index (χ0n) is 16.5. The number of ether oxygens (including phenoxy) is 1. The number of aromatic nitrogens is 2. The van der Waals surface area contributed by atoms with E-state index in [1.54, 1.807) is 31.2 Å². The minimum Gasteiger partial charge on any atom is -0.487 e. The Bertz CT molecular complexity index is 1080. The molecule has 154 valence electrons. The number of Topliss-reactive ketones (excluding diaryl/α,β-unsaturated/α-hetero) is 1. The van der Waals surface area contributed by atoms with E-state index in [4.69, 9.17) is 4.74 Å². The zero-order chi connectivity index (χ0) is 21.5. The van der Waals surface area contributed by atoms with Gasteiger partial charge in [0, 0.05) is 17.3 Å². The van der Waals surface area contributed by atoms with Crippen LogP contribution in [-0.4, -0.2) is 26.9 Å². The lowest BCUT2D eigenvalue weighted by molar-refractivity contribution is -0.115. The summed E-state index contributed by atoms with van der Waals surface area (Å²) in [6, 6.07) is 17.3. The summed E-state index contributed by atoms with van der Waals surface area (Å²) < 4.78 is 5.63. The first-order chi connectivity index (χ1) is 14.4. The average Bonchev–Trinajstić information content (AvgIpc) is 2.73. The first kappa shape index (κ1) is 21.3. The van der Waals surface area contributed by atoms with E-state index in [2.05, 4.69) is 15.3 Å². The molecule has 7 nitrogen and oxygen atoms in total. The van der Waals surface area contributed by atoms with Crippen LogP contribution in [0, 0.1) is 0 Å². The number of carbonyl (C=O) groups is 2. The van der Waals surface area contributed by atoms with Crippen LogP contribution in [0.25, 0.3) is 0 Å². The number of benzene rings is 2. The Hall–Kier alpha value is -3.39. The predicted molar refractivity (Wildman–Crippen MR) is 116 cm³/mol. The molecule has 0 aliphatic heterocycles. The van der Waals surface area contributed by atoms with Gasteiger partial charge in [0.1, 0.15) is 12.4 Å². The Morgan fingerprint density at radius 1 is 1.13 bits per heavy atom. The van der Waals surface area contributed by atoms with Crippen molar-refractivity contribution in [1.82, 2.24) is 9.97 Å². The first-order valence-electron chi connectivity index (χ1n) is 9.27. The number of ketones is 1. The molecule has 1 atom stereocenters. The molecule has 0 aliphatic carbocycles. The number of H-pyrrole nitrogens is 1. The number of thioether (sulfide) groups is 1. The van der Waals surface area contributed by atoms with Crippen molar-refractivity contribution in [3.05, 3.63) is 82.3 Å². The summed E-state index contributed by atoms with van der Waals surface area (Å²) in [7, 11) is 0. The van der Waals surface area contributed by atoms with Crippen LogP contribution in [0.4, 0.5) is 5.69 Å². The average molecular weight is 423 g/mol. The fourth-order valence-corrected chi connectivity index (χ4v) is 3.37. The van der Waals surface area contributed by atoms with E-state index in [9.17, 15) is 14.4 Å². The van der Waals surface area contributed by atoms with Crippen molar-refractivity contribution >= 4 is 29.1 Å². The largest absolute Gasteiger partial charge is 0.487 e. The van der Waals surface area contributed by atoms with E-state index in [1.165, 1.54) is 13.0 Å². The van der Waals surface area contributed by atoms with E-state index in [-0.39, 0.29) is 23.9 Å². The van der Waals surface area contributed by atoms with Gasteiger partial charge in [0.2, 0.25) is 5.91 Å². The van der Waals surface area contributed by atoms with Gasteiger partial charge in [0.15, 0.2) is 10.9 Å². The van der Waals surface area contributed by atoms with E-state index in [0.29, 0.717) is 27.9 Å². The summed E-state index contributed by atoms with van der Waals surface area (Å²) in [5, 5.41) is 2.62. The Morgan fingerprint density at radius 2 is 1.83 bits per heavy atom. The van der Waals surface area contributed by atoms with Crippen LogP contribution < -0.4 is 15.6 Å². The highest BCUT2D eigenvalue weighted by Crippen LogP contribution is 2.21. The maximum atomic E-state index is 12.5. The fourth-order valence-electron chi connectivity index (χ4n) is 2.54. The van der Waals surface area contributed by atoms with Gasteiger partial charge in [-0.25, -0.2) is 4.98 Å². The predicted octanol–water partition coefficient (Wildman–Crippen LogP) is 3.67. The summed E-state index contributed by atoms with van der Waals surface area (Å²) in [5.41, 5.74) is 1.32. The number of nitrogens with zero attached hydrogens (tertiary/aromatic N) is 1. The van der Waals surface area contributed by atoms with Crippen LogP contribution in [0.3, 0.4) is 0 Å². The Labute approximate surface area is 177 Å². The van der Waals surface area contributed by atoms with Crippen molar-refractivity contribution in [1.29, 1.82) is 0 Å². The van der Waals surface area contributed by atoms with Gasteiger partial charge in [-0.3, -0.25) is 14.4 Å². The molecule has 8 heteroatoms. The molecule has 0 spiro atoms. The van der Waals surface area contributed by atoms with Gasteiger partial charge in [0.25, 0.3) is 5.56 Å². The Kier molecular flexibility index (Phi) is 7.03. The smallest absolute Gasteiger partial charge is 0.251 e. The molecular formula is C22H21N3O4S. The second kappa shape index (κ2) is 9.89. The van der Waals surface area contributed by atoms with Gasteiger partial charge in [-0.05, 0) is 50.2 Å². The van der Waals surface area contributed by atoms with Crippen molar-refractivity contribution in [3.63, 3.8) is 0 Å². The highest BCUT2D eigenvalue weighted by molar-refractivity contribution is 8.00. The van der Waals surface area contributed by atoms with Gasteiger partial charge in [-0.1, -0.05) is 30.0 Å². The van der Waals surface area contributed by atoms with E-state index < -0.39 is 5.25 Å². The molecule has 3 aromatic rings. The maximum Gasteiger partial charge on any atom is 0.251 e. The zero-order valence-corrected chi connectivity index (χ0v) is 17.4. The van der Waals surface area contributed by atoms with Crippen molar-refractivity contribution in [2.45, 2.75) is 30.9 Å². The van der Waals surface area contributed by atoms with E-state index >= 15 is 0 Å². The van der Waals surface area contributed by atoms with Gasteiger partial charge < -0.3 is 15.0 Å². The molecular weight excluding hydrogens is 402 g/mol. The van der Waals surface area contributed by atoms with E-state index in [1.807, 2.05) is 30.3 Å². The molecule has 0 aliphatic rings. The number of hydrogen-bond donors (Lipinski definition) is 2.